The minimum atomic E-state index is -1.01. The summed E-state index contributed by atoms with van der Waals surface area (Å²) in [5.74, 6) is 0.0299. The molecule has 0 spiro atoms. The van der Waals surface area contributed by atoms with Gasteiger partial charge in [0.25, 0.3) is 5.91 Å². The number of imide groups is 1. The summed E-state index contributed by atoms with van der Waals surface area (Å²) >= 11 is 6.09. The van der Waals surface area contributed by atoms with Crippen molar-refractivity contribution in [3.63, 3.8) is 0 Å². The van der Waals surface area contributed by atoms with Crippen LogP contribution in [0, 0.1) is 5.92 Å². The number of halogens is 1. The van der Waals surface area contributed by atoms with Gasteiger partial charge in [-0.05, 0) is 48.5 Å². The molecule has 3 aromatic carbocycles. The van der Waals surface area contributed by atoms with Crippen LogP contribution >= 0.6 is 11.6 Å². The number of fused-ring (bicyclic) bond motifs is 1. The predicted molar refractivity (Wildman–Crippen MR) is 130 cm³/mol. The minimum absolute atomic E-state index is 0.368. The average molecular weight is 495 g/mol. The molecule has 2 saturated heterocycles. The maximum atomic E-state index is 13.8. The maximum absolute atomic E-state index is 13.8. The van der Waals surface area contributed by atoms with Crippen molar-refractivity contribution >= 4 is 34.8 Å². The number of hydrogen-bond acceptors (Lipinski definition) is 7. The Bertz CT molecular complexity index is 1280. The summed E-state index contributed by atoms with van der Waals surface area (Å²) in [5, 5.41) is 2.15. The summed E-state index contributed by atoms with van der Waals surface area (Å²) < 4.78 is 16.3. The largest absolute Gasteiger partial charge is 0.497 e. The number of nitrogens with zero attached hydrogens (tertiary/aromatic N) is 2. The highest BCUT2D eigenvalue weighted by molar-refractivity contribution is 6.30. The first kappa shape index (κ1) is 23.0. The van der Waals surface area contributed by atoms with Gasteiger partial charge in [0.2, 0.25) is 5.91 Å². The molecule has 9 heteroatoms. The number of methoxy groups -OCH3 is 3. The van der Waals surface area contributed by atoms with E-state index >= 15 is 0 Å². The first-order valence-electron chi connectivity index (χ1n) is 10.9. The Morgan fingerprint density at radius 2 is 1.51 bits per heavy atom. The van der Waals surface area contributed by atoms with Gasteiger partial charge < -0.3 is 14.2 Å². The number of hydroxylamine groups is 1. The van der Waals surface area contributed by atoms with Crippen molar-refractivity contribution in [2.24, 2.45) is 5.92 Å². The van der Waals surface area contributed by atoms with Gasteiger partial charge in [-0.3, -0.25) is 14.4 Å². The van der Waals surface area contributed by atoms with E-state index in [4.69, 9.17) is 30.6 Å². The second-order valence-electron chi connectivity index (χ2n) is 8.12. The lowest BCUT2D eigenvalue weighted by Gasteiger charge is -2.29. The van der Waals surface area contributed by atoms with E-state index in [1.54, 1.807) is 79.9 Å². The Balaban J connectivity index is 1.61. The second kappa shape index (κ2) is 9.13. The van der Waals surface area contributed by atoms with Crippen molar-refractivity contribution in [1.29, 1.82) is 0 Å². The van der Waals surface area contributed by atoms with Crippen molar-refractivity contribution in [1.82, 2.24) is 0 Å². The van der Waals surface area contributed by atoms with Gasteiger partial charge in [0, 0.05) is 22.7 Å². The summed E-state index contributed by atoms with van der Waals surface area (Å²) in [6.45, 7) is 0. The van der Waals surface area contributed by atoms with Crippen LogP contribution < -0.4 is 24.2 Å². The van der Waals surface area contributed by atoms with E-state index in [9.17, 15) is 9.59 Å². The molecule has 2 amide bonds. The smallest absolute Gasteiger partial charge is 0.266 e. The van der Waals surface area contributed by atoms with Crippen molar-refractivity contribution in [2.45, 2.75) is 12.1 Å². The second-order valence-corrected chi connectivity index (χ2v) is 8.56. The van der Waals surface area contributed by atoms with Gasteiger partial charge in [-0.2, -0.15) is 0 Å². The Labute approximate surface area is 207 Å². The van der Waals surface area contributed by atoms with Gasteiger partial charge >= 0.3 is 0 Å². The molecule has 0 aromatic heterocycles. The van der Waals surface area contributed by atoms with Crippen LogP contribution in [-0.4, -0.2) is 39.2 Å². The molecule has 0 radical (unpaired) electrons. The summed E-state index contributed by atoms with van der Waals surface area (Å²) in [5.41, 5.74) is 1.76. The van der Waals surface area contributed by atoms with Crippen molar-refractivity contribution < 1.29 is 28.6 Å². The Hall–Kier alpha value is -3.75. The molecule has 5 rings (SSSR count). The molecule has 35 heavy (non-hydrogen) atoms. The van der Waals surface area contributed by atoms with Crippen molar-refractivity contribution in [3.8, 4) is 17.2 Å². The maximum Gasteiger partial charge on any atom is 0.266 e. The van der Waals surface area contributed by atoms with Gasteiger partial charge in [0.15, 0.2) is 6.10 Å². The lowest BCUT2D eigenvalue weighted by Crippen LogP contribution is -2.37. The molecule has 3 atom stereocenters. The first-order chi connectivity index (χ1) is 17.0. The van der Waals surface area contributed by atoms with Crippen LogP contribution in [-0.2, 0) is 14.4 Å². The summed E-state index contributed by atoms with van der Waals surface area (Å²) in [6, 6.07) is 18.5. The molecule has 0 unspecified atom stereocenters. The van der Waals surface area contributed by atoms with Crippen LogP contribution in [0.2, 0.25) is 5.02 Å². The van der Waals surface area contributed by atoms with Crippen molar-refractivity contribution in [2.75, 3.05) is 31.3 Å². The van der Waals surface area contributed by atoms with Gasteiger partial charge in [0.05, 0.1) is 38.7 Å². The normalized spacial score (nSPS) is 21.3. The zero-order valence-electron chi connectivity index (χ0n) is 19.3. The fourth-order valence-corrected chi connectivity index (χ4v) is 4.74. The van der Waals surface area contributed by atoms with E-state index in [0.717, 1.165) is 0 Å². The quantitative estimate of drug-likeness (QED) is 0.469. The molecular weight excluding hydrogens is 472 g/mol. The highest BCUT2D eigenvalue weighted by Gasteiger charge is 2.60. The monoisotopic (exact) mass is 494 g/mol. The number of ether oxygens (including phenoxy) is 3. The summed E-state index contributed by atoms with van der Waals surface area (Å²) in [4.78, 5) is 34.7. The molecule has 0 aliphatic carbocycles. The average Bonchev–Trinajstić information content (AvgIpc) is 3.39. The van der Waals surface area contributed by atoms with Crippen LogP contribution in [0.1, 0.15) is 11.6 Å². The number of carbonyl (C=O) groups is 2. The van der Waals surface area contributed by atoms with E-state index in [0.29, 0.717) is 39.2 Å². The van der Waals surface area contributed by atoms with Crippen molar-refractivity contribution in [3.05, 3.63) is 77.3 Å². The molecular formula is C26H23ClN2O6. The molecule has 0 saturated carbocycles. The van der Waals surface area contributed by atoms with Crippen LogP contribution in [0.3, 0.4) is 0 Å². The Morgan fingerprint density at radius 3 is 2.20 bits per heavy atom. The fraction of sp³-hybridized carbons (Fsp3) is 0.231. The number of hydrogen-bond donors (Lipinski definition) is 0. The van der Waals surface area contributed by atoms with E-state index in [2.05, 4.69) is 0 Å². The van der Waals surface area contributed by atoms with Gasteiger partial charge in [-0.1, -0.05) is 17.7 Å². The minimum Gasteiger partial charge on any atom is -0.497 e. The fourth-order valence-electron chi connectivity index (χ4n) is 4.61. The van der Waals surface area contributed by atoms with Crippen LogP contribution in [0.15, 0.2) is 66.7 Å². The van der Waals surface area contributed by atoms with E-state index < -0.39 is 24.0 Å². The lowest BCUT2D eigenvalue weighted by atomic mass is 9.90. The van der Waals surface area contributed by atoms with Gasteiger partial charge in [-0.15, -0.1) is 0 Å². The van der Waals surface area contributed by atoms with Crippen LogP contribution in [0.5, 0.6) is 17.2 Å². The topological polar surface area (TPSA) is 77.5 Å². The standard InChI is InChI=1S/C26H23ClN2O6/c1-32-18-6-4-5-17(13-18)28-25(30)22-23(20-12-11-19(33-2)14-21(20)34-3)29(35-24(22)26(28)31)16-9-7-15(27)8-10-16/h4-14,22-24H,1-3H3/t22-,23+,24+/m1/s1. The predicted octanol–water partition coefficient (Wildman–Crippen LogP) is 4.42. The van der Waals surface area contributed by atoms with E-state index in [1.807, 2.05) is 6.07 Å². The third-order valence-electron chi connectivity index (χ3n) is 6.27. The number of amides is 2. The zero-order valence-corrected chi connectivity index (χ0v) is 20.1. The summed E-state index contributed by atoms with van der Waals surface area (Å²) in [6.07, 6.45) is -1.01. The first-order valence-corrected chi connectivity index (χ1v) is 11.3. The molecule has 8 nitrogen and oxygen atoms in total. The molecule has 2 aliphatic heterocycles. The highest BCUT2D eigenvalue weighted by Crippen LogP contribution is 2.50. The van der Waals surface area contributed by atoms with Gasteiger partial charge in [-0.25, -0.2) is 9.96 Å². The number of anilines is 2. The SMILES string of the molecule is COc1cccc(N2C(=O)[C@H]3[C@H](ON(c4ccc(Cl)cc4)[C@H]3c3ccc(OC)cc3OC)C2=O)c1. The molecule has 0 bridgehead atoms. The molecule has 2 aliphatic rings. The molecule has 180 valence electrons. The number of rotatable bonds is 6. The molecule has 2 fully saturated rings. The molecule has 0 N–H and O–H groups in total. The zero-order chi connectivity index (χ0) is 24.7. The molecule has 3 aromatic rings. The van der Waals surface area contributed by atoms with Crippen LogP contribution in [0.4, 0.5) is 11.4 Å². The summed E-state index contributed by atoms with van der Waals surface area (Å²) in [7, 11) is 4.64. The molecule has 2 heterocycles. The number of benzene rings is 3. The number of carbonyl (C=O) groups excluding carboxylic acids is 2. The Kier molecular flexibility index (Phi) is 6.00. The third-order valence-corrected chi connectivity index (χ3v) is 6.52. The van der Waals surface area contributed by atoms with E-state index in [1.165, 1.54) is 12.0 Å². The van der Waals surface area contributed by atoms with E-state index in [-0.39, 0.29) is 5.91 Å². The Morgan fingerprint density at radius 1 is 0.800 bits per heavy atom. The van der Waals surface area contributed by atoms with Crippen LogP contribution in [0.25, 0.3) is 0 Å². The highest BCUT2D eigenvalue weighted by atomic mass is 35.5. The lowest BCUT2D eigenvalue weighted by molar-refractivity contribution is -0.126. The van der Waals surface area contributed by atoms with Gasteiger partial charge in [0.1, 0.15) is 23.2 Å². The third kappa shape index (κ3) is 3.84.